The SMILES string of the molecule is CC1=CCCC=C1.CO.Cc1ccc(C2(c3ccccc3)c3ccc4ccccc4c3Cc3cc4c2cccc4c2ccccc32)cc1.Cc1ccccc1. The van der Waals surface area contributed by atoms with Crippen LogP contribution in [0.15, 0.2) is 194 Å². The summed E-state index contributed by atoms with van der Waals surface area (Å²) in [6.45, 7) is 6.39. The maximum Gasteiger partial charge on any atom is 0.0710 e. The first-order valence-electron chi connectivity index (χ1n) is 19.4. The van der Waals surface area contributed by atoms with Gasteiger partial charge in [0.2, 0.25) is 0 Å². The van der Waals surface area contributed by atoms with E-state index in [0.717, 1.165) is 13.5 Å². The molecule has 0 aromatic heterocycles. The number of allylic oxidation sites excluding steroid dienone is 4. The van der Waals surface area contributed by atoms with E-state index >= 15 is 0 Å². The molecule has 1 atom stereocenters. The zero-order valence-electron chi connectivity index (χ0n) is 32.5. The second kappa shape index (κ2) is 17.0. The molecule has 8 aromatic rings. The molecule has 0 saturated carbocycles. The Morgan fingerprint density at radius 2 is 1.04 bits per heavy atom. The van der Waals surface area contributed by atoms with E-state index in [9.17, 15) is 0 Å². The zero-order chi connectivity index (χ0) is 38.2. The lowest BCUT2D eigenvalue weighted by atomic mass is 9.61. The Kier molecular flexibility index (Phi) is 11.5. The molecule has 272 valence electrons. The van der Waals surface area contributed by atoms with Gasteiger partial charge in [0.15, 0.2) is 0 Å². The molecule has 0 fully saturated rings. The van der Waals surface area contributed by atoms with Crippen molar-refractivity contribution >= 4 is 32.3 Å². The van der Waals surface area contributed by atoms with Crippen LogP contribution in [0.4, 0.5) is 0 Å². The Balaban J connectivity index is 0.000000243. The number of fused-ring (bicyclic) bond motifs is 7. The molecule has 0 amide bonds. The minimum absolute atomic E-state index is 0.464. The summed E-state index contributed by atoms with van der Waals surface area (Å²) in [7, 11) is 1.00. The standard InChI is InChI=1S/C39H28.C7H10.C7H8.CH4O/c1-26-18-21-30(22-19-26)39(29-11-3-2-4-12-29)37-17-9-16-34-33-15-8-7-14-32(33)28(25-36(34)37)24-35-31-13-6-5-10-27(31)20-23-38(35)39;2*1-7-5-3-2-4-6-7;1-2/h2-23,25H,24H2,1H3;3,5-6H,2,4H2,1H3;2-6H,1H3;2H,1H3. The first-order valence-corrected chi connectivity index (χ1v) is 19.4. The van der Waals surface area contributed by atoms with Gasteiger partial charge in [0.1, 0.15) is 0 Å². The van der Waals surface area contributed by atoms with E-state index < -0.39 is 5.41 Å². The van der Waals surface area contributed by atoms with Crippen molar-refractivity contribution < 1.29 is 5.11 Å². The van der Waals surface area contributed by atoms with Crippen LogP contribution in [0.5, 0.6) is 0 Å². The van der Waals surface area contributed by atoms with Gasteiger partial charge in [-0.1, -0.05) is 199 Å². The molecule has 2 aliphatic rings. The number of hydrogen-bond donors (Lipinski definition) is 1. The van der Waals surface area contributed by atoms with Crippen LogP contribution in [0.2, 0.25) is 0 Å². The molecular weight excluding hydrogens is 665 g/mol. The molecule has 2 aliphatic carbocycles. The summed E-state index contributed by atoms with van der Waals surface area (Å²) in [5, 5.41) is 15.0. The molecule has 0 heterocycles. The van der Waals surface area contributed by atoms with E-state index in [4.69, 9.17) is 5.11 Å². The maximum atomic E-state index is 7.00. The van der Waals surface area contributed by atoms with Crippen molar-refractivity contribution in [2.45, 2.75) is 45.4 Å². The summed E-state index contributed by atoms with van der Waals surface area (Å²) in [6, 6.07) is 62.7. The highest BCUT2D eigenvalue weighted by Crippen LogP contribution is 2.52. The molecule has 1 heteroatoms. The topological polar surface area (TPSA) is 20.2 Å². The molecule has 0 spiro atoms. The number of benzene rings is 8. The molecule has 1 N–H and O–H groups in total. The number of aliphatic hydroxyl groups excluding tert-OH is 1. The quantitative estimate of drug-likeness (QED) is 0.177. The summed E-state index contributed by atoms with van der Waals surface area (Å²) in [5.41, 5.74) is 11.7. The zero-order valence-corrected chi connectivity index (χ0v) is 32.5. The molecule has 8 aromatic carbocycles. The monoisotopic (exact) mass is 714 g/mol. The second-order valence-corrected chi connectivity index (χ2v) is 14.5. The van der Waals surface area contributed by atoms with Crippen LogP contribution in [-0.2, 0) is 11.8 Å². The molecule has 10 rings (SSSR count). The smallest absolute Gasteiger partial charge is 0.0710 e. The van der Waals surface area contributed by atoms with Gasteiger partial charge < -0.3 is 5.11 Å². The molecule has 1 nitrogen and oxygen atoms in total. The molecular formula is C54H50O. The van der Waals surface area contributed by atoms with Crippen LogP contribution in [0.1, 0.15) is 64.3 Å². The normalized spacial score (nSPS) is 15.3. The Morgan fingerprint density at radius 3 is 1.67 bits per heavy atom. The van der Waals surface area contributed by atoms with E-state index in [1.165, 1.54) is 95.2 Å². The van der Waals surface area contributed by atoms with E-state index in [1.54, 1.807) is 0 Å². The number of hydrogen-bond acceptors (Lipinski definition) is 1. The van der Waals surface area contributed by atoms with Crippen LogP contribution >= 0.6 is 0 Å². The summed E-state index contributed by atoms with van der Waals surface area (Å²) in [6.07, 6.45) is 10.0. The highest BCUT2D eigenvalue weighted by Gasteiger charge is 2.42. The van der Waals surface area contributed by atoms with E-state index in [0.29, 0.717) is 0 Å². The van der Waals surface area contributed by atoms with Gasteiger partial charge in [0, 0.05) is 7.11 Å². The summed E-state index contributed by atoms with van der Waals surface area (Å²) in [5.74, 6) is 0. The molecule has 2 bridgehead atoms. The molecule has 55 heavy (non-hydrogen) atoms. The largest absolute Gasteiger partial charge is 0.400 e. The highest BCUT2D eigenvalue weighted by atomic mass is 16.2. The lowest BCUT2D eigenvalue weighted by Crippen LogP contribution is -2.33. The van der Waals surface area contributed by atoms with Crippen LogP contribution in [0.3, 0.4) is 0 Å². The summed E-state index contributed by atoms with van der Waals surface area (Å²) < 4.78 is 0. The van der Waals surface area contributed by atoms with Gasteiger partial charge in [-0.25, -0.2) is 0 Å². The Bertz CT molecular complexity index is 2590. The van der Waals surface area contributed by atoms with Crippen molar-refractivity contribution in [3.8, 4) is 0 Å². The minimum atomic E-state index is -0.464. The Morgan fingerprint density at radius 1 is 0.455 bits per heavy atom. The average Bonchev–Trinajstić information content (AvgIpc) is 3.24. The van der Waals surface area contributed by atoms with Crippen molar-refractivity contribution in [3.05, 3.63) is 238 Å². The van der Waals surface area contributed by atoms with Gasteiger partial charge in [0.05, 0.1) is 5.41 Å². The van der Waals surface area contributed by atoms with Crippen molar-refractivity contribution in [1.29, 1.82) is 0 Å². The second-order valence-electron chi connectivity index (χ2n) is 14.5. The predicted octanol–water partition coefficient (Wildman–Crippen LogP) is 13.6. The van der Waals surface area contributed by atoms with Crippen LogP contribution in [-0.4, -0.2) is 12.2 Å². The van der Waals surface area contributed by atoms with Crippen LogP contribution < -0.4 is 0 Å². The molecule has 0 aliphatic heterocycles. The summed E-state index contributed by atoms with van der Waals surface area (Å²) in [4.78, 5) is 0. The third-order valence-electron chi connectivity index (χ3n) is 11.0. The van der Waals surface area contributed by atoms with Crippen molar-refractivity contribution in [2.75, 3.05) is 7.11 Å². The fraction of sp³-hybridized carbons (Fsp3) is 0.148. The molecule has 0 radical (unpaired) electrons. The molecule has 0 saturated heterocycles. The number of aryl methyl sites for hydroxylation is 2. The lowest BCUT2D eigenvalue weighted by Gasteiger charge is -2.40. The minimum Gasteiger partial charge on any atom is -0.400 e. The van der Waals surface area contributed by atoms with Crippen molar-refractivity contribution in [1.82, 2.24) is 0 Å². The first kappa shape index (κ1) is 37.3. The van der Waals surface area contributed by atoms with Gasteiger partial charge in [-0.3, -0.25) is 0 Å². The van der Waals surface area contributed by atoms with E-state index in [-0.39, 0.29) is 0 Å². The van der Waals surface area contributed by atoms with E-state index in [1.807, 2.05) is 18.2 Å². The fourth-order valence-electron chi connectivity index (χ4n) is 8.45. The van der Waals surface area contributed by atoms with Gasteiger partial charge in [-0.2, -0.15) is 0 Å². The number of aliphatic hydroxyl groups is 1. The van der Waals surface area contributed by atoms with Gasteiger partial charge in [0.25, 0.3) is 0 Å². The Labute approximate surface area is 327 Å². The fourth-order valence-corrected chi connectivity index (χ4v) is 8.45. The highest BCUT2D eigenvalue weighted by molar-refractivity contribution is 6.11. The maximum absolute atomic E-state index is 7.00. The third-order valence-corrected chi connectivity index (χ3v) is 11.0. The number of rotatable bonds is 2. The van der Waals surface area contributed by atoms with Gasteiger partial charge >= 0.3 is 0 Å². The predicted molar refractivity (Wildman–Crippen MR) is 236 cm³/mol. The summed E-state index contributed by atoms with van der Waals surface area (Å²) >= 11 is 0. The lowest BCUT2D eigenvalue weighted by molar-refractivity contribution is 0.399. The van der Waals surface area contributed by atoms with Gasteiger partial charge in [-0.05, 0) is 112 Å². The Hall–Kier alpha value is -6.02. The average molecular weight is 715 g/mol. The van der Waals surface area contributed by atoms with Crippen molar-refractivity contribution in [3.63, 3.8) is 0 Å². The van der Waals surface area contributed by atoms with Crippen molar-refractivity contribution in [2.24, 2.45) is 0 Å². The van der Waals surface area contributed by atoms with Crippen LogP contribution in [0.25, 0.3) is 32.3 Å². The van der Waals surface area contributed by atoms with Crippen LogP contribution in [0, 0.1) is 13.8 Å². The van der Waals surface area contributed by atoms with E-state index in [2.05, 4.69) is 191 Å². The molecule has 1 unspecified atom stereocenters. The first-order chi connectivity index (χ1) is 27.0. The van der Waals surface area contributed by atoms with Gasteiger partial charge in [-0.15, -0.1) is 0 Å². The third kappa shape index (κ3) is 7.41.